The average Bonchev–Trinajstić information content (AvgIpc) is 2.46. The van der Waals surface area contributed by atoms with E-state index >= 15 is 0 Å². The Labute approximate surface area is 113 Å². The van der Waals surface area contributed by atoms with Gasteiger partial charge in [0, 0.05) is 17.8 Å². The Bertz CT molecular complexity index is 373. The third-order valence-electron chi connectivity index (χ3n) is 4.33. The minimum absolute atomic E-state index is 0.00583. The summed E-state index contributed by atoms with van der Waals surface area (Å²) in [6.07, 6.45) is 4.69. The quantitative estimate of drug-likeness (QED) is 0.605. The molecule has 1 aliphatic heterocycles. The van der Waals surface area contributed by atoms with Gasteiger partial charge in [-0.25, -0.2) is 0 Å². The van der Waals surface area contributed by atoms with E-state index in [0.29, 0.717) is 12.8 Å². The van der Waals surface area contributed by atoms with E-state index in [2.05, 4.69) is 6.92 Å². The SMILES string of the molecule is CC[NH+]1CCN(C(=O)[C@H]2CC=CC[C@H]2C(=O)[O-])CC1. The van der Waals surface area contributed by atoms with Crippen LogP contribution in [0.2, 0.25) is 0 Å². The first-order valence-corrected chi connectivity index (χ1v) is 7.11. The summed E-state index contributed by atoms with van der Waals surface area (Å²) >= 11 is 0. The number of carboxylic acids is 1. The molecule has 0 saturated carbocycles. The highest BCUT2D eigenvalue weighted by atomic mass is 16.4. The summed E-state index contributed by atoms with van der Waals surface area (Å²) < 4.78 is 0. The number of allylic oxidation sites excluding steroid dienone is 2. The second-order valence-electron chi connectivity index (χ2n) is 5.40. The Hall–Kier alpha value is -1.36. The monoisotopic (exact) mass is 266 g/mol. The van der Waals surface area contributed by atoms with Gasteiger partial charge in [0.05, 0.1) is 32.7 Å². The molecule has 0 spiro atoms. The van der Waals surface area contributed by atoms with Crippen molar-refractivity contribution in [2.24, 2.45) is 11.8 Å². The lowest BCUT2D eigenvalue weighted by molar-refractivity contribution is -0.902. The van der Waals surface area contributed by atoms with Crippen LogP contribution >= 0.6 is 0 Å². The van der Waals surface area contributed by atoms with E-state index < -0.39 is 17.8 Å². The van der Waals surface area contributed by atoms with Crippen LogP contribution in [0.1, 0.15) is 19.8 Å². The molecule has 1 heterocycles. The molecule has 0 bridgehead atoms. The van der Waals surface area contributed by atoms with Crippen LogP contribution in [0.15, 0.2) is 12.2 Å². The van der Waals surface area contributed by atoms with E-state index in [1.165, 1.54) is 4.90 Å². The van der Waals surface area contributed by atoms with E-state index in [0.717, 1.165) is 32.7 Å². The number of amides is 1. The smallest absolute Gasteiger partial charge is 0.227 e. The number of quaternary nitrogens is 1. The molecule has 1 fully saturated rings. The molecule has 2 aliphatic rings. The summed E-state index contributed by atoms with van der Waals surface area (Å²) in [5, 5.41) is 11.1. The molecule has 1 amide bonds. The van der Waals surface area contributed by atoms with Gasteiger partial charge in [-0.05, 0) is 19.8 Å². The number of rotatable bonds is 3. The number of carbonyl (C=O) groups excluding carboxylic acids is 2. The fraction of sp³-hybridized carbons (Fsp3) is 0.714. The molecule has 5 heteroatoms. The zero-order valence-electron chi connectivity index (χ0n) is 11.4. The van der Waals surface area contributed by atoms with Gasteiger partial charge in [-0.3, -0.25) is 4.79 Å². The van der Waals surface area contributed by atoms with Gasteiger partial charge in [0.15, 0.2) is 0 Å². The predicted octanol–water partition coefficient (Wildman–Crippen LogP) is -1.93. The predicted molar refractivity (Wildman–Crippen MR) is 68.2 cm³/mol. The lowest BCUT2D eigenvalue weighted by Gasteiger charge is -2.36. The molecule has 0 aromatic carbocycles. The molecule has 5 nitrogen and oxygen atoms in total. The molecule has 19 heavy (non-hydrogen) atoms. The van der Waals surface area contributed by atoms with Crippen molar-refractivity contribution in [1.82, 2.24) is 4.90 Å². The Morgan fingerprint density at radius 1 is 1.21 bits per heavy atom. The summed E-state index contributed by atoms with van der Waals surface area (Å²) in [4.78, 5) is 26.9. The van der Waals surface area contributed by atoms with E-state index in [-0.39, 0.29) is 5.91 Å². The first kappa shape index (κ1) is 14.1. The minimum Gasteiger partial charge on any atom is -0.550 e. The third kappa shape index (κ3) is 3.15. The summed E-state index contributed by atoms with van der Waals surface area (Å²) in [6.45, 7) is 6.62. The number of piperazine rings is 1. The van der Waals surface area contributed by atoms with Crippen molar-refractivity contribution in [3.05, 3.63) is 12.2 Å². The molecule has 0 unspecified atom stereocenters. The number of nitrogens with one attached hydrogen (secondary N) is 1. The minimum atomic E-state index is -1.10. The van der Waals surface area contributed by atoms with Gasteiger partial charge in [-0.1, -0.05) is 12.2 Å². The maximum absolute atomic E-state index is 12.5. The number of carboxylic acid groups (broad SMARTS) is 1. The maximum Gasteiger partial charge on any atom is 0.227 e. The molecule has 1 saturated heterocycles. The molecule has 106 valence electrons. The molecule has 0 aromatic heterocycles. The molecule has 1 N–H and O–H groups in total. The van der Waals surface area contributed by atoms with E-state index in [1.807, 2.05) is 17.1 Å². The van der Waals surface area contributed by atoms with E-state index in [9.17, 15) is 14.7 Å². The standard InChI is InChI=1S/C14H22N2O3/c1-2-15-7-9-16(10-8-15)13(17)11-5-3-4-6-12(11)14(18)19/h3-4,11-12H,2,5-10H2,1H3,(H,18,19)/t11-,12+/m0/s1. The van der Waals surface area contributed by atoms with E-state index in [1.54, 1.807) is 0 Å². The number of nitrogens with zero attached hydrogens (tertiary/aromatic N) is 1. The van der Waals surface area contributed by atoms with Crippen LogP contribution in [0.5, 0.6) is 0 Å². The summed E-state index contributed by atoms with van der Waals surface area (Å²) in [5.74, 6) is -2.19. The van der Waals surface area contributed by atoms with Crippen LogP contribution in [0.4, 0.5) is 0 Å². The molecule has 2 atom stereocenters. The number of likely N-dealkylation sites (N-methyl/N-ethyl adjacent to an activating group) is 1. The summed E-state index contributed by atoms with van der Waals surface area (Å²) in [5.41, 5.74) is 0. The van der Waals surface area contributed by atoms with Gasteiger partial charge < -0.3 is 19.7 Å². The van der Waals surface area contributed by atoms with Crippen LogP contribution in [-0.4, -0.2) is 49.5 Å². The average molecular weight is 266 g/mol. The number of aliphatic carboxylic acids is 1. The Morgan fingerprint density at radius 3 is 2.32 bits per heavy atom. The first-order chi connectivity index (χ1) is 9.13. The van der Waals surface area contributed by atoms with Gasteiger partial charge in [0.2, 0.25) is 5.91 Å². The zero-order chi connectivity index (χ0) is 13.8. The van der Waals surface area contributed by atoms with Crippen LogP contribution in [-0.2, 0) is 9.59 Å². The van der Waals surface area contributed by atoms with Gasteiger partial charge in [0.1, 0.15) is 0 Å². The Morgan fingerprint density at radius 2 is 1.79 bits per heavy atom. The van der Waals surface area contributed by atoms with Crippen molar-refractivity contribution in [3.63, 3.8) is 0 Å². The van der Waals surface area contributed by atoms with Crippen molar-refractivity contribution in [3.8, 4) is 0 Å². The fourth-order valence-corrected chi connectivity index (χ4v) is 2.98. The van der Waals surface area contributed by atoms with Crippen molar-refractivity contribution in [2.75, 3.05) is 32.7 Å². The highest BCUT2D eigenvalue weighted by Crippen LogP contribution is 2.27. The van der Waals surface area contributed by atoms with Gasteiger partial charge >= 0.3 is 0 Å². The van der Waals surface area contributed by atoms with Gasteiger partial charge in [-0.15, -0.1) is 0 Å². The summed E-state index contributed by atoms with van der Waals surface area (Å²) in [7, 11) is 0. The molecular weight excluding hydrogens is 244 g/mol. The van der Waals surface area contributed by atoms with Gasteiger partial charge in [0.25, 0.3) is 0 Å². The topological polar surface area (TPSA) is 64.9 Å². The lowest BCUT2D eigenvalue weighted by atomic mass is 9.82. The van der Waals surface area contributed by atoms with Crippen molar-refractivity contribution < 1.29 is 19.6 Å². The second-order valence-corrected chi connectivity index (χ2v) is 5.40. The van der Waals surface area contributed by atoms with Crippen molar-refractivity contribution in [2.45, 2.75) is 19.8 Å². The Balaban J connectivity index is 1.98. The zero-order valence-corrected chi connectivity index (χ0v) is 11.4. The van der Waals surface area contributed by atoms with Crippen molar-refractivity contribution in [1.29, 1.82) is 0 Å². The molecule has 1 aliphatic carbocycles. The second kappa shape index (κ2) is 6.19. The highest BCUT2D eigenvalue weighted by Gasteiger charge is 2.34. The number of hydrogen-bond donors (Lipinski definition) is 1. The van der Waals surface area contributed by atoms with Crippen LogP contribution in [0, 0.1) is 11.8 Å². The molecule has 2 rings (SSSR count). The van der Waals surface area contributed by atoms with Gasteiger partial charge in [-0.2, -0.15) is 0 Å². The number of carbonyl (C=O) groups is 2. The number of hydrogen-bond acceptors (Lipinski definition) is 3. The third-order valence-corrected chi connectivity index (χ3v) is 4.33. The fourth-order valence-electron chi connectivity index (χ4n) is 2.98. The van der Waals surface area contributed by atoms with E-state index in [4.69, 9.17) is 0 Å². The van der Waals surface area contributed by atoms with Crippen LogP contribution < -0.4 is 10.0 Å². The molecule has 0 aromatic rings. The Kier molecular flexibility index (Phi) is 4.58. The first-order valence-electron chi connectivity index (χ1n) is 7.11. The maximum atomic E-state index is 12.5. The normalized spacial score (nSPS) is 28.4. The van der Waals surface area contributed by atoms with Crippen molar-refractivity contribution >= 4 is 11.9 Å². The summed E-state index contributed by atoms with van der Waals surface area (Å²) in [6, 6.07) is 0. The lowest BCUT2D eigenvalue weighted by Crippen LogP contribution is -3.14. The molecular formula is C14H22N2O3. The highest BCUT2D eigenvalue weighted by molar-refractivity contribution is 5.84. The van der Waals surface area contributed by atoms with Crippen LogP contribution in [0.25, 0.3) is 0 Å². The largest absolute Gasteiger partial charge is 0.550 e. The van der Waals surface area contributed by atoms with Crippen LogP contribution in [0.3, 0.4) is 0 Å². The molecule has 0 radical (unpaired) electrons.